The number of nitrogens with one attached hydrogen (secondary N) is 2. The summed E-state index contributed by atoms with van der Waals surface area (Å²) in [7, 11) is 0. The summed E-state index contributed by atoms with van der Waals surface area (Å²) in [4.78, 5) is 17.2. The molecule has 122 valence electrons. The fourth-order valence-corrected chi connectivity index (χ4v) is 2.09. The summed E-state index contributed by atoms with van der Waals surface area (Å²) in [5.41, 5.74) is 1.54. The second-order valence-corrected chi connectivity index (χ2v) is 5.52. The Morgan fingerprint density at radius 2 is 1.71 bits per heavy atom. The highest BCUT2D eigenvalue weighted by atomic mass is 16.3. The highest BCUT2D eigenvalue weighted by molar-refractivity contribution is 5.62. The zero-order valence-corrected chi connectivity index (χ0v) is 13.4. The predicted molar refractivity (Wildman–Crippen MR) is 93.2 cm³/mol. The minimum Gasteiger partial charge on any atom is -0.508 e. The first-order chi connectivity index (χ1) is 11.6. The van der Waals surface area contributed by atoms with Crippen LogP contribution in [0.2, 0.25) is 0 Å². The summed E-state index contributed by atoms with van der Waals surface area (Å²) in [5.74, 6) is 1.52. The van der Waals surface area contributed by atoms with E-state index < -0.39 is 0 Å². The molecule has 0 bridgehead atoms. The van der Waals surface area contributed by atoms with Gasteiger partial charge in [-0.1, -0.05) is 12.1 Å². The number of nitrogens with zero attached hydrogens (tertiary/aromatic N) is 4. The smallest absolute Gasteiger partial charge is 0.232 e. The maximum absolute atomic E-state index is 9.68. The van der Waals surface area contributed by atoms with Crippen LogP contribution in [-0.2, 0) is 0 Å². The molecule has 7 nitrogen and oxygen atoms in total. The van der Waals surface area contributed by atoms with Crippen LogP contribution >= 0.6 is 0 Å². The maximum atomic E-state index is 9.68. The van der Waals surface area contributed by atoms with E-state index in [2.05, 4.69) is 30.6 Å². The van der Waals surface area contributed by atoms with Crippen molar-refractivity contribution < 1.29 is 5.11 Å². The molecule has 3 N–H and O–H groups in total. The Hall–Kier alpha value is -3.22. The van der Waals surface area contributed by atoms with E-state index in [0.29, 0.717) is 23.3 Å². The molecule has 0 aliphatic rings. The standard InChI is InChI=1S/C17H18N6O/c1-11(2)19-16-21-15(12-4-3-5-14(24)10-12)22-17(23-16)20-13-6-8-18-9-7-13/h3-11,24H,1-2H3,(H2,18,19,20,21,22,23). The van der Waals surface area contributed by atoms with Crippen molar-refractivity contribution in [2.45, 2.75) is 19.9 Å². The number of aromatic nitrogens is 4. The first kappa shape index (κ1) is 15.7. The molecule has 2 heterocycles. The molecule has 0 aliphatic heterocycles. The summed E-state index contributed by atoms with van der Waals surface area (Å²) in [6.07, 6.45) is 3.37. The third-order valence-electron chi connectivity index (χ3n) is 3.09. The monoisotopic (exact) mass is 322 g/mol. The number of anilines is 3. The van der Waals surface area contributed by atoms with Crippen molar-refractivity contribution in [3.05, 3.63) is 48.8 Å². The van der Waals surface area contributed by atoms with E-state index in [4.69, 9.17) is 0 Å². The van der Waals surface area contributed by atoms with Crippen LogP contribution in [0.25, 0.3) is 11.4 Å². The van der Waals surface area contributed by atoms with Crippen LogP contribution in [0.5, 0.6) is 5.75 Å². The molecule has 0 spiro atoms. The molecule has 0 unspecified atom stereocenters. The van der Waals surface area contributed by atoms with Gasteiger partial charge in [-0.3, -0.25) is 4.98 Å². The molecule has 7 heteroatoms. The van der Waals surface area contributed by atoms with Gasteiger partial charge in [-0.05, 0) is 38.1 Å². The number of hydrogen-bond donors (Lipinski definition) is 3. The number of hydrogen-bond acceptors (Lipinski definition) is 7. The van der Waals surface area contributed by atoms with Gasteiger partial charge in [0, 0.05) is 29.7 Å². The van der Waals surface area contributed by atoms with Gasteiger partial charge < -0.3 is 15.7 Å². The van der Waals surface area contributed by atoms with Gasteiger partial charge in [0.15, 0.2) is 5.82 Å². The van der Waals surface area contributed by atoms with Crippen molar-refractivity contribution in [3.63, 3.8) is 0 Å². The number of rotatable bonds is 5. The topological polar surface area (TPSA) is 95.9 Å². The van der Waals surface area contributed by atoms with Crippen molar-refractivity contribution in [2.75, 3.05) is 10.6 Å². The summed E-state index contributed by atoms with van der Waals surface area (Å²) in [5, 5.41) is 16.0. The van der Waals surface area contributed by atoms with Gasteiger partial charge in [-0.25, -0.2) is 0 Å². The molecular weight excluding hydrogens is 304 g/mol. The fraction of sp³-hybridized carbons (Fsp3) is 0.176. The zero-order valence-electron chi connectivity index (χ0n) is 13.4. The van der Waals surface area contributed by atoms with Crippen LogP contribution in [0.3, 0.4) is 0 Å². The molecule has 0 radical (unpaired) electrons. The van der Waals surface area contributed by atoms with Crippen LogP contribution < -0.4 is 10.6 Å². The molecule has 24 heavy (non-hydrogen) atoms. The van der Waals surface area contributed by atoms with E-state index in [-0.39, 0.29) is 11.8 Å². The van der Waals surface area contributed by atoms with Crippen molar-refractivity contribution in [2.24, 2.45) is 0 Å². The van der Waals surface area contributed by atoms with Gasteiger partial charge >= 0.3 is 0 Å². The van der Waals surface area contributed by atoms with E-state index >= 15 is 0 Å². The summed E-state index contributed by atoms with van der Waals surface area (Å²) < 4.78 is 0. The lowest BCUT2D eigenvalue weighted by atomic mass is 10.2. The first-order valence-corrected chi connectivity index (χ1v) is 7.59. The molecule has 0 aliphatic carbocycles. The lowest BCUT2D eigenvalue weighted by Crippen LogP contribution is -2.14. The number of benzene rings is 1. The van der Waals surface area contributed by atoms with E-state index in [1.807, 2.05) is 32.0 Å². The van der Waals surface area contributed by atoms with Crippen molar-refractivity contribution in [1.29, 1.82) is 0 Å². The lowest BCUT2D eigenvalue weighted by molar-refractivity contribution is 0.475. The Kier molecular flexibility index (Phi) is 4.51. The molecule has 0 atom stereocenters. The van der Waals surface area contributed by atoms with E-state index in [1.54, 1.807) is 30.6 Å². The van der Waals surface area contributed by atoms with Crippen LogP contribution in [0.4, 0.5) is 17.6 Å². The molecule has 2 aromatic heterocycles. The quantitative estimate of drug-likeness (QED) is 0.663. The molecule has 0 saturated carbocycles. The highest BCUT2D eigenvalue weighted by Crippen LogP contribution is 2.23. The SMILES string of the molecule is CC(C)Nc1nc(Nc2ccncc2)nc(-c2cccc(O)c2)n1. The van der Waals surface area contributed by atoms with Gasteiger partial charge in [0.25, 0.3) is 0 Å². The average molecular weight is 322 g/mol. The van der Waals surface area contributed by atoms with Crippen molar-refractivity contribution in [1.82, 2.24) is 19.9 Å². The first-order valence-electron chi connectivity index (χ1n) is 7.59. The van der Waals surface area contributed by atoms with Crippen LogP contribution in [-0.4, -0.2) is 31.1 Å². The van der Waals surface area contributed by atoms with E-state index in [1.165, 1.54) is 0 Å². The Balaban J connectivity index is 2.00. The minimum atomic E-state index is 0.162. The van der Waals surface area contributed by atoms with Gasteiger partial charge in [0.05, 0.1) is 0 Å². The average Bonchev–Trinajstić information content (AvgIpc) is 2.55. The van der Waals surface area contributed by atoms with E-state index in [0.717, 1.165) is 5.69 Å². The summed E-state index contributed by atoms with van der Waals surface area (Å²) in [6, 6.07) is 10.6. The molecule has 3 aromatic rings. The van der Waals surface area contributed by atoms with Crippen LogP contribution in [0.1, 0.15) is 13.8 Å². The number of aromatic hydroxyl groups is 1. The second-order valence-electron chi connectivity index (χ2n) is 5.52. The van der Waals surface area contributed by atoms with Gasteiger partial charge in [-0.2, -0.15) is 15.0 Å². The Morgan fingerprint density at radius 3 is 2.42 bits per heavy atom. The third kappa shape index (κ3) is 3.95. The van der Waals surface area contributed by atoms with Crippen LogP contribution in [0.15, 0.2) is 48.8 Å². The van der Waals surface area contributed by atoms with Crippen LogP contribution in [0, 0.1) is 0 Å². The Bertz CT molecular complexity index is 822. The zero-order chi connectivity index (χ0) is 16.9. The normalized spacial score (nSPS) is 10.6. The third-order valence-corrected chi connectivity index (χ3v) is 3.09. The molecule has 0 saturated heterocycles. The molecule has 1 aromatic carbocycles. The minimum absolute atomic E-state index is 0.162. The lowest BCUT2D eigenvalue weighted by Gasteiger charge is -2.12. The van der Waals surface area contributed by atoms with Gasteiger partial charge in [0.1, 0.15) is 5.75 Å². The van der Waals surface area contributed by atoms with Gasteiger partial charge in [0.2, 0.25) is 11.9 Å². The molecule has 0 fully saturated rings. The Morgan fingerprint density at radius 1 is 0.958 bits per heavy atom. The van der Waals surface area contributed by atoms with Gasteiger partial charge in [-0.15, -0.1) is 0 Å². The number of pyridine rings is 1. The molecule has 3 rings (SSSR count). The van der Waals surface area contributed by atoms with Crippen molar-refractivity contribution >= 4 is 17.6 Å². The predicted octanol–water partition coefficient (Wildman–Crippen LogP) is 3.20. The highest BCUT2D eigenvalue weighted by Gasteiger charge is 2.10. The fourth-order valence-electron chi connectivity index (χ4n) is 2.09. The maximum Gasteiger partial charge on any atom is 0.232 e. The Labute approximate surface area is 139 Å². The molecular formula is C17H18N6O. The molecule has 0 amide bonds. The number of phenols is 1. The largest absolute Gasteiger partial charge is 0.508 e. The van der Waals surface area contributed by atoms with Crippen molar-refractivity contribution in [3.8, 4) is 17.1 Å². The second kappa shape index (κ2) is 6.91. The van der Waals surface area contributed by atoms with E-state index in [9.17, 15) is 5.11 Å². The number of phenolic OH excluding ortho intramolecular Hbond substituents is 1. The summed E-state index contributed by atoms with van der Waals surface area (Å²) in [6.45, 7) is 4.02. The summed E-state index contributed by atoms with van der Waals surface area (Å²) >= 11 is 0.